The molecule has 0 fully saturated rings. The van der Waals surface area contributed by atoms with Crippen LogP contribution in [0.3, 0.4) is 0 Å². The number of hydrogen-bond acceptors (Lipinski definition) is 7. The van der Waals surface area contributed by atoms with Crippen molar-refractivity contribution in [1.29, 1.82) is 5.26 Å². The number of aromatic hydroxyl groups is 1. The molecule has 0 aliphatic carbocycles. The largest absolute Gasteiger partial charge is 0.492 e. The second-order valence-corrected chi connectivity index (χ2v) is 6.29. The molecule has 146 valence electrons. The molecule has 9 heteroatoms. The Hall–Kier alpha value is -4.58. The highest BCUT2D eigenvalue weighted by atomic mass is 16.3. The molecule has 0 aliphatic heterocycles. The zero-order chi connectivity index (χ0) is 20.9. The maximum Gasteiger partial charge on any atom is 0.254 e. The van der Waals surface area contributed by atoms with Crippen LogP contribution in [0.5, 0.6) is 5.88 Å². The van der Waals surface area contributed by atoms with E-state index in [4.69, 9.17) is 5.26 Å². The Balaban J connectivity index is 1.40. The Morgan fingerprint density at radius 2 is 1.93 bits per heavy atom. The highest BCUT2D eigenvalue weighted by molar-refractivity contribution is 5.93. The van der Waals surface area contributed by atoms with Crippen LogP contribution >= 0.6 is 0 Å². The van der Waals surface area contributed by atoms with Crippen LogP contribution in [0.2, 0.25) is 0 Å². The fraction of sp³-hybridized carbons (Fsp3) is 0.0476. The Morgan fingerprint density at radius 1 is 1.10 bits per heavy atom. The summed E-state index contributed by atoms with van der Waals surface area (Å²) in [5.74, 6) is -0.729. The number of nitriles is 1. The highest BCUT2D eigenvalue weighted by Gasteiger charge is 2.12. The first-order valence-corrected chi connectivity index (χ1v) is 8.94. The third kappa shape index (κ3) is 3.98. The molecule has 4 rings (SSSR count). The van der Waals surface area contributed by atoms with Gasteiger partial charge in [0.15, 0.2) is 0 Å². The molecule has 1 amide bonds. The molecule has 0 unspecified atom stereocenters. The van der Waals surface area contributed by atoms with Gasteiger partial charge in [-0.25, -0.2) is 9.67 Å². The first kappa shape index (κ1) is 18.8. The molecule has 0 radical (unpaired) electrons. The number of amides is 1. The standard InChI is InChI=1S/C21H15N7O2/c22-8-16-11-25-21(27-20(16)30)28-13-17(12-26-28)19(29)24-10-14-6-7-18(23-9-14)15-4-2-1-3-5-15/h1-7,9,11-13H,10H2,(H,24,29)(H,25,27,30). The summed E-state index contributed by atoms with van der Waals surface area (Å²) in [6, 6.07) is 15.4. The van der Waals surface area contributed by atoms with Crippen molar-refractivity contribution in [3.8, 4) is 29.2 Å². The van der Waals surface area contributed by atoms with Crippen LogP contribution in [-0.2, 0) is 6.54 Å². The van der Waals surface area contributed by atoms with E-state index in [2.05, 4.69) is 25.4 Å². The molecular weight excluding hydrogens is 382 g/mol. The van der Waals surface area contributed by atoms with Gasteiger partial charge in [-0.15, -0.1) is 0 Å². The van der Waals surface area contributed by atoms with E-state index in [0.717, 1.165) is 16.8 Å². The number of hydrogen-bond donors (Lipinski definition) is 2. The molecule has 0 aliphatic rings. The van der Waals surface area contributed by atoms with Crippen molar-refractivity contribution >= 4 is 5.91 Å². The van der Waals surface area contributed by atoms with Crippen molar-refractivity contribution in [2.24, 2.45) is 0 Å². The Bertz CT molecular complexity index is 1230. The summed E-state index contributed by atoms with van der Waals surface area (Å²) >= 11 is 0. The van der Waals surface area contributed by atoms with Gasteiger partial charge in [0.2, 0.25) is 5.88 Å². The zero-order valence-corrected chi connectivity index (χ0v) is 15.6. The maximum absolute atomic E-state index is 12.4. The van der Waals surface area contributed by atoms with Gasteiger partial charge in [-0.1, -0.05) is 36.4 Å². The number of carbonyl (C=O) groups is 1. The van der Waals surface area contributed by atoms with Crippen molar-refractivity contribution in [1.82, 2.24) is 30.0 Å². The van der Waals surface area contributed by atoms with E-state index in [0.29, 0.717) is 12.1 Å². The Morgan fingerprint density at radius 3 is 2.63 bits per heavy atom. The van der Waals surface area contributed by atoms with Crippen LogP contribution < -0.4 is 5.32 Å². The van der Waals surface area contributed by atoms with E-state index in [1.54, 1.807) is 12.3 Å². The third-order valence-corrected chi connectivity index (χ3v) is 4.27. The molecule has 30 heavy (non-hydrogen) atoms. The number of carbonyl (C=O) groups excluding carboxylic acids is 1. The minimum atomic E-state index is -0.449. The van der Waals surface area contributed by atoms with Crippen molar-refractivity contribution < 1.29 is 9.90 Å². The number of benzene rings is 1. The van der Waals surface area contributed by atoms with E-state index in [1.807, 2.05) is 42.5 Å². The van der Waals surface area contributed by atoms with Crippen LogP contribution in [0.4, 0.5) is 0 Å². The number of nitrogens with one attached hydrogen (secondary N) is 1. The van der Waals surface area contributed by atoms with Gasteiger partial charge in [0.25, 0.3) is 11.9 Å². The summed E-state index contributed by atoms with van der Waals surface area (Å²) in [5, 5.41) is 25.3. The third-order valence-electron chi connectivity index (χ3n) is 4.27. The van der Waals surface area contributed by atoms with Crippen LogP contribution in [0.1, 0.15) is 21.5 Å². The van der Waals surface area contributed by atoms with Crippen LogP contribution in [-0.4, -0.2) is 35.7 Å². The summed E-state index contributed by atoms with van der Waals surface area (Å²) in [7, 11) is 0. The van der Waals surface area contributed by atoms with Crippen molar-refractivity contribution in [3.05, 3.63) is 83.9 Å². The molecule has 0 bridgehead atoms. The van der Waals surface area contributed by atoms with Crippen molar-refractivity contribution in [2.45, 2.75) is 6.54 Å². The average molecular weight is 397 g/mol. The van der Waals surface area contributed by atoms with Gasteiger partial charge in [-0.2, -0.15) is 15.3 Å². The predicted octanol–water partition coefficient (Wildman–Crippen LogP) is 2.23. The summed E-state index contributed by atoms with van der Waals surface area (Å²) in [6.45, 7) is 0.306. The molecule has 3 heterocycles. The lowest BCUT2D eigenvalue weighted by molar-refractivity contribution is 0.0951. The van der Waals surface area contributed by atoms with Gasteiger partial charge in [-0.05, 0) is 11.6 Å². The molecule has 9 nitrogen and oxygen atoms in total. The van der Waals surface area contributed by atoms with Crippen LogP contribution in [0.25, 0.3) is 17.2 Å². The van der Waals surface area contributed by atoms with Gasteiger partial charge in [0.05, 0.1) is 23.7 Å². The van der Waals surface area contributed by atoms with Crippen LogP contribution in [0.15, 0.2) is 67.3 Å². The second kappa shape index (κ2) is 8.20. The molecule has 0 spiro atoms. The first-order chi connectivity index (χ1) is 14.6. The SMILES string of the molecule is N#Cc1cnc(-n2cc(C(=O)NCc3ccc(-c4ccccc4)nc3)cn2)nc1O. The summed E-state index contributed by atoms with van der Waals surface area (Å²) in [4.78, 5) is 24.6. The lowest BCUT2D eigenvalue weighted by atomic mass is 10.1. The quantitative estimate of drug-likeness (QED) is 0.528. The lowest BCUT2D eigenvalue weighted by Gasteiger charge is -2.05. The molecule has 0 saturated heterocycles. The monoisotopic (exact) mass is 397 g/mol. The number of nitrogens with zero attached hydrogens (tertiary/aromatic N) is 6. The van der Waals surface area contributed by atoms with Crippen molar-refractivity contribution in [3.63, 3.8) is 0 Å². The fourth-order valence-corrected chi connectivity index (χ4v) is 2.70. The normalized spacial score (nSPS) is 10.4. The van der Waals surface area contributed by atoms with E-state index >= 15 is 0 Å². The van der Waals surface area contributed by atoms with Crippen molar-refractivity contribution in [2.75, 3.05) is 0 Å². The molecule has 3 aromatic heterocycles. The van der Waals surface area contributed by atoms with E-state index in [1.165, 1.54) is 23.3 Å². The average Bonchev–Trinajstić information content (AvgIpc) is 3.29. The summed E-state index contributed by atoms with van der Waals surface area (Å²) < 4.78 is 1.24. The molecule has 1 aromatic carbocycles. The first-order valence-electron chi connectivity index (χ1n) is 8.94. The predicted molar refractivity (Wildman–Crippen MR) is 106 cm³/mol. The minimum absolute atomic E-state index is 0.0456. The van der Waals surface area contributed by atoms with Crippen LogP contribution in [0, 0.1) is 11.3 Å². The van der Waals surface area contributed by atoms with Gasteiger partial charge >= 0.3 is 0 Å². The highest BCUT2D eigenvalue weighted by Crippen LogP contribution is 2.16. The topological polar surface area (TPSA) is 130 Å². The summed E-state index contributed by atoms with van der Waals surface area (Å²) in [6.07, 6.45) is 5.71. The Labute approximate surface area is 171 Å². The van der Waals surface area contributed by atoms with Gasteiger partial charge in [0.1, 0.15) is 11.6 Å². The van der Waals surface area contributed by atoms with E-state index < -0.39 is 5.88 Å². The van der Waals surface area contributed by atoms with Gasteiger partial charge in [-0.3, -0.25) is 9.78 Å². The molecular formula is C21H15N7O2. The fourth-order valence-electron chi connectivity index (χ4n) is 2.70. The van der Waals surface area contributed by atoms with Gasteiger partial charge in [0, 0.05) is 24.5 Å². The number of pyridine rings is 1. The molecule has 0 saturated carbocycles. The number of aromatic nitrogens is 5. The molecule has 2 N–H and O–H groups in total. The van der Waals surface area contributed by atoms with E-state index in [-0.39, 0.29) is 17.4 Å². The second-order valence-electron chi connectivity index (χ2n) is 6.29. The maximum atomic E-state index is 12.4. The smallest absolute Gasteiger partial charge is 0.254 e. The Kier molecular flexibility index (Phi) is 5.13. The molecule has 0 atom stereocenters. The summed E-state index contributed by atoms with van der Waals surface area (Å²) in [5.41, 5.74) is 3.00. The lowest BCUT2D eigenvalue weighted by Crippen LogP contribution is -2.22. The van der Waals surface area contributed by atoms with E-state index in [9.17, 15) is 9.90 Å². The minimum Gasteiger partial charge on any atom is -0.492 e. The molecule has 4 aromatic rings. The zero-order valence-electron chi connectivity index (χ0n) is 15.6. The number of rotatable bonds is 5. The van der Waals surface area contributed by atoms with Gasteiger partial charge < -0.3 is 10.4 Å².